The zero-order valence-corrected chi connectivity index (χ0v) is 21.0. The number of aromatic hydroxyl groups is 1. The van der Waals surface area contributed by atoms with Crippen LogP contribution in [0.2, 0.25) is 9.36 Å². The number of nitrogens with zero attached hydrogens (tertiary/aromatic N) is 2. The molecule has 2 N–H and O–H groups in total. The Labute approximate surface area is 212 Å². The number of para-hydroxylation sites is 1. The second-order valence-corrected chi connectivity index (χ2v) is 10.2. The normalized spacial score (nSPS) is 15.0. The molecule has 3 aromatic rings. The number of aryl methyl sites for hydroxylation is 1. The average molecular weight is 518 g/mol. The summed E-state index contributed by atoms with van der Waals surface area (Å²) in [6, 6.07) is 12.7. The lowest BCUT2D eigenvalue weighted by molar-refractivity contribution is -0.123. The van der Waals surface area contributed by atoms with Gasteiger partial charge < -0.3 is 10.4 Å². The highest BCUT2D eigenvalue weighted by molar-refractivity contribution is 7.11. The van der Waals surface area contributed by atoms with E-state index >= 15 is 0 Å². The Bertz CT molecular complexity index is 1180. The summed E-state index contributed by atoms with van der Waals surface area (Å²) < 4.78 is 4.38. The molecular weight excluding hydrogens is 493 g/mol. The van der Waals surface area contributed by atoms with Crippen molar-refractivity contribution >= 4 is 52.2 Å². The molecule has 34 heavy (non-hydrogen) atoms. The van der Waals surface area contributed by atoms with E-state index in [1.807, 2.05) is 25.1 Å². The van der Waals surface area contributed by atoms with Crippen LogP contribution in [-0.2, 0) is 4.79 Å². The largest absolute Gasteiger partial charge is 0.508 e. The Kier molecular flexibility index (Phi) is 7.76. The molecule has 4 rings (SSSR count). The van der Waals surface area contributed by atoms with Crippen LogP contribution in [0.4, 0.5) is 5.69 Å². The van der Waals surface area contributed by atoms with Gasteiger partial charge in [-0.15, -0.1) is 0 Å². The first-order chi connectivity index (χ1) is 16.4. The zero-order chi connectivity index (χ0) is 24.2. The van der Waals surface area contributed by atoms with Gasteiger partial charge in [-0.1, -0.05) is 72.8 Å². The molecule has 2 aromatic carbocycles. The molecule has 1 heterocycles. The fourth-order valence-electron chi connectivity index (χ4n) is 4.31. The number of phenolic OH excluding ortho intramolecular Hbond substituents is 1. The molecule has 1 saturated carbocycles. The van der Waals surface area contributed by atoms with E-state index in [-0.39, 0.29) is 32.8 Å². The quantitative estimate of drug-likeness (QED) is 0.401. The molecule has 6 nitrogen and oxygen atoms in total. The van der Waals surface area contributed by atoms with Crippen molar-refractivity contribution in [1.29, 1.82) is 0 Å². The van der Waals surface area contributed by atoms with E-state index in [9.17, 15) is 14.7 Å². The highest BCUT2D eigenvalue weighted by Gasteiger charge is 2.37. The summed E-state index contributed by atoms with van der Waals surface area (Å²) >= 11 is 13.3. The molecular formula is C25H25Cl2N3O3S. The van der Waals surface area contributed by atoms with Crippen molar-refractivity contribution < 1.29 is 14.7 Å². The van der Waals surface area contributed by atoms with E-state index in [0.717, 1.165) is 49.2 Å². The summed E-state index contributed by atoms with van der Waals surface area (Å²) in [5.41, 5.74) is 1.92. The van der Waals surface area contributed by atoms with Gasteiger partial charge in [0, 0.05) is 11.7 Å². The molecule has 0 saturated heterocycles. The van der Waals surface area contributed by atoms with E-state index in [2.05, 4.69) is 9.69 Å². The van der Waals surface area contributed by atoms with Gasteiger partial charge in [-0.3, -0.25) is 14.5 Å². The summed E-state index contributed by atoms with van der Waals surface area (Å²) in [6.07, 6.45) is 5.08. The summed E-state index contributed by atoms with van der Waals surface area (Å²) in [5, 5.41) is 13.1. The average Bonchev–Trinajstić information content (AvgIpc) is 3.17. The van der Waals surface area contributed by atoms with Crippen molar-refractivity contribution in [3.8, 4) is 5.75 Å². The van der Waals surface area contributed by atoms with Crippen LogP contribution in [0.3, 0.4) is 0 Å². The molecule has 1 atom stereocenters. The van der Waals surface area contributed by atoms with Crippen molar-refractivity contribution in [3.05, 3.63) is 74.7 Å². The smallest absolute Gasteiger partial charge is 0.280 e. The molecule has 9 heteroatoms. The van der Waals surface area contributed by atoms with Crippen molar-refractivity contribution in [1.82, 2.24) is 9.69 Å². The van der Waals surface area contributed by atoms with Crippen molar-refractivity contribution in [3.63, 3.8) is 0 Å². The number of rotatable bonds is 6. The third kappa shape index (κ3) is 5.22. The summed E-state index contributed by atoms with van der Waals surface area (Å²) in [4.78, 5) is 29.1. The van der Waals surface area contributed by atoms with E-state index in [1.54, 1.807) is 18.2 Å². The van der Waals surface area contributed by atoms with Crippen LogP contribution in [0.25, 0.3) is 0 Å². The summed E-state index contributed by atoms with van der Waals surface area (Å²) in [6.45, 7) is 1.87. The van der Waals surface area contributed by atoms with Crippen molar-refractivity contribution in [2.24, 2.45) is 0 Å². The minimum absolute atomic E-state index is 0.00540. The van der Waals surface area contributed by atoms with Crippen molar-refractivity contribution in [2.45, 2.75) is 51.1 Å². The number of hydrogen-bond acceptors (Lipinski definition) is 5. The van der Waals surface area contributed by atoms with Crippen molar-refractivity contribution in [2.75, 3.05) is 4.90 Å². The van der Waals surface area contributed by atoms with Gasteiger partial charge in [-0.25, -0.2) is 0 Å². The molecule has 0 aliphatic heterocycles. The lowest BCUT2D eigenvalue weighted by atomic mass is 9.94. The van der Waals surface area contributed by atoms with Crippen LogP contribution in [0, 0.1) is 6.92 Å². The molecule has 178 valence electrons. The number of aromatic nitrogens is 1. The van der Waals surface area contributed by atoms with Crippen LogP contribution >= 0.6 is 34.7 Å². The number of amides is 2. The number of carbonyl (C=O) groups excluding carboxylic acids is 2. The Morgan fingerprint density at radius 2 is 1.76 bits per heavy atom. The second-order valence-electron chi connectivity index (χ2n) is 8.42. The fourth-order valence-corrected chi connectivity index (χ4v) is 5.29. The van der Waals surface area contributed by atoms with E-state index in [4.69, 9.17) is 23.2 Å². The number of benzene rings is 2. The molecule has 1 aromatic heterocycles. The van der Waals surface area contributed by atoms with Crippen LogP contribution in [0.1, 0.15) is 59.8 Å². The number of carbonyl (C=O) groups is 2. The number of hydrogen-bond donors (Lipinski definition) is 2. The molecule has 2 amide bonds. The van der Waals surface area contributed by atoms with Gasteiger partial charge in [0.2, 0.25) is 5.91 Å². The first-order valence-electron chi connectivity index (χ1n) is 11.2. The zero-order valence-electron chi connectivity index (χ0n) is 18.6. The topological polar surface area (TPSA) is 82.5 Å². The number of halogens is 2. The highest BCUT2D eigenvalue weighted by atomic mass is 35.5. The first kappa shape index (κ1) is 24.5. The molecule has 0 radical (unpaired) electrons. The van der Waals surface area contributed by atoms with E-state index in [0.29, 0.717) is 11.3 Å². The summed E-state index contributed by atoms with van der Waals surface area (Å²) in [7, 11) is 0. The number of anilines is 1. The van der Waals surface area contributed by atoms with Gasteiger partial charge in [0.05, 0.1) is 0 Å². The lowest BCUT2D eigenvalue weighted by Gasteiger charge is -2.34. The van der Waals surface area contributed by atoms with Crippen LogP contribution < -0.4 is 10.2 Å². The number of nitrogens with one attached hydrogen (secondary N) is 1. The lowest BCUT2D eigenvalue weighted by Crippen LogP contribution is -2.47. The Morgan fingerprint density at radius 3 is 2.38 bits per heavy atom. The highest BCUT2D eigenvalue weighted by Crippen LogP contribution is 2.36. The van der Waals surface area contributed by atoms with Gasteiger partial charge in [-0.2, -0.15) is 4.37 Å². The Balaban J connectivity index is 1.83. The van der Waals surface area contributed by atoms with E-state index < -0.39 is 11.9 Å². The third-order valence-electron chi connectivity index (χ3n) is 6.06. The molecule has 0 bridgehead atoms. The minimum Gasteiger partial charge on any atom is -0.508 e. The predicted octanol–water partition coefficient (Wildman–Crippen LogP) is 6.30. The molecule has 0 spiro atoms. The maximum absolute atomic E-state index is 13.9. The summed E-state index contributed by atoms with van der Waals surface area (Å²) in [5.74, 6) is -0.760. The molecule has 1 aliphatic carbocycles. The monoisotopic (exact) mass is 517 g/mol. The fraction of sp³-hybridized carbons (Fsp3) is 0.320. The second kappa shape index (κ2) is 10.8. The Hall–Kier alpha value is -2.61. The minimum atomic E-state index is -1.01. The van der Waals surface area contributed by atoms with Crippen LogP contribution in [-0.4, -0.2) is 27.3 Å². The maximum atomic E-state index is 13.9. The predicted molar refractivity (Wildman–Crippen MR) is 136 cm³/mol. The third-order valence-corrected chi connectivity index (χ3v) is 7.67. The van der Waals surface area contributed by atoms with Gasteiger partial charge >= 0.3 is 0 Å². The Morgan fingerprint density at radius 1 is 1.09 bits per heavy atom. The standard InChI is InChI=1S/C25H25Cl2N3O3S/c1-15-7-5-6-10-19(15)30(25(33)21-20(26)23(27)34-29-21)22(16-11-13-18(31)14-12-16)24(32)28-17-8-3-2-4-9-17/h5-7,10-14,17,22,31H,2-4,8-9H2,1H3,(H,28,32)/t22-/m1/s1. The van der Waals surface area contributed by atoms with E-state index in [1.165, 1.54) is 17.0 Å². The SMILES string of the molecule is Cc1ccccc1N(C(=O)c1nsc(Cl)c1Cl)[C@@H](C(=O)NC1CCCCC1)c1ccc(O)cc1. The van der Waals surface area contributed by atoms with Gasteiger partial charge in [0.1, 0.15) is 21.2 Å². The maximum Gasteiger partial charge on any atom is 0.280 e. The van der Waals surface area contributed by atoms with Crippen LogP contribution in [0.5, 0.6) is 5.75 Å². The number of phenols is 1. The van der Waals surface area contributed by atoms with Crippen LogP contribution in [0.15, 0.2) is 48.5 Å². The van der Waals surface area contributed by atoms with Gasteiger partial charge in [0.15, 0.2) is 5.69 Å². The van der Waals surface area contributed by atoms with Gasteiger partial charge in [0.25, 0.3) is 5.91 Å². The molecule has 1 fully saturated rings. The first-order valence-corrected chi connectivity index (χ1v) is 12.7. The molecule has 1 aliphatic rings. The van der Waals surface area contributed by atoms with Gasteiger partial charge in [-0.05, 0) is 60.6 Å². The molecule has 0 unspecified atom stereocenters.